The van der Waals surface area contributed by atoms with E-state index in [4.69, 9.17) is 11.6 Å². The van der Waals surface area contributed by atoms with E-state index in [1.807, 2.05) is 0 Å². The predicted molar refractivity (Wildman–Crippen MR) is 90.5 cm³/mol. The average molecular weight is 348 g/mol. The van der Waals surface area contributed by atoms with Crippen LogP contribution in [-0.2, 0) is 4.79 Å². The lowest BCUT2D eigenvalue weighted by Crippen LogP contribution is -2.43. The molecule has 2 rings (SSSR count). The van der Waals surface area contributed by atoms with Gasteiger partial charge >= 0.3 is 0 Å². The summed E-state index contributed by atoms with van der Waals surface area (Å²) in [4.78, 5) is 23.5. The second-order valence-electron chi connectivity index (χ2n) is 4.82. The normalized spacial score (nSPS) is 9.92. The molecule has 24 heavy (non-hydrogen) atoms. The molecule has 0 aliphatic carbocycles. The fraction of sp³-hybridized carbons (Fsp3) is 0.0588. The molecular formula is C17H15ClFN3O2. The van der Waals surface area contributed by atoms with Gasteiger partial charge in [0.05, 0.1) is 17.8 Å². The van der Waals surface area contributed by atoms with E-state index in [9.17, 15) is 14.0 Å². The average Bonchev–Trinajstić information content (AvgIpc) is 2.58. The van der Waals surface area contributed by atoms with Gasteiger partial charge in [0, 0.05) is 5.02 Å². The van der Waals surface area contributed by atoms with Crippen LogP contribution in [0.1, 0.15) is 15.9 Å². The molecule has 0 heterocycles. The Morgan fingerprint density at radius 3 is 2.38 bits per heavy atom. The summed E-state index contributed by atoms with van der Waals surface area (Å²) in [5.74, 6) is -1.82. The minimum absolute atomic E-state index is 0.121. The molecule has 0 aromatic heterocycles. The Bertz CT molecular complexity index is 763. The first-order valence-electron chi connectivity index (χ1n) is 7.00. The molecule has 0 aliphatic rings. The molecule has 2 aromatic rings. The molecule has 0 spiro atoms. The zero-order chi connectivity index (χ0) is 17.5. The van der Waals surface area contributed by atoms with Crippen LogP contribution in [0.3, 0.4) is 0 Å². The number of hydrogen-bond donors (Lipinski definition) is 3. The van der Waals surface area contributed by atoms with Crippen LogP contribution in [0.25, 0.3) is 5.70 Å². The topological polar surface area (TPSA) is 70.2 Å². The van der Waals surface area contributed by atoms with Crippen molar-refractivity contribution in [1.29, 1.82) is 0 Å². The summed E-state index contributed by atoms with van der Waals surface area (Å²) >= 11 is 5.79. The van der Waals surface area contributed by atoms with Crippen LogP contribution in [0, 0.1) is 5.82 Å². The van der Waals surface area contributed by atoms with Crippen molar-refractivity contribution in [2.75, 3.05) is 6.54 Å². The molecule has 0 atom stereocenters. The molecule has 2 aromatic carbocycles. The first-order chi connectivity index (χ1) is 11.5. The predicted octanol–water partition coefficient (Wildman–Crippen LogP) is 2.50. The van der Waals surface area contributed by atoms with Crippen molar-refractivity contribution in [1.82, 2.24) is 16.2 Å². The quantitative estimate of drug-likeness (QED) is 0.703. The van der Waals surface area contributed by atoms with Crippen molar-refractivity contribution >= 4 is 29.1 Å². The number of hydrazine groups is 1. The molecule has 0 saturated carbocycles. The molecule has 0 unspecified atom stereocenters. The van der Waals surface area contributed by atoms with Crippen molar-refractivity contribution in [3.8, 4) is 0 Å². The highest BCUT2D eigenvalue weighted by Crippen LogP contribution is 2.13. The van der Waals surface area contributed by atoms with E-state index in [1.54, 1.807) is 24.3 Å². The Kier molecular flexibility index (Phi) is 5.92. The van der Waals surface area contributed by atoms with Gasteiger partial charge in [0.1, 0.15) is 5.82 Å². The van der Waals surface area contributed by atoms with Gasteiger partial charge in [0.15, 0.2) is 0 Å². The van der Waals surface area contributed by atoms with Crippen LogP contribution in [-0.4, -0.2) is 18.4 Å². The summed E-state index contributed by atoms with van der Waals surface area (Å²) in [6, 6.07) is 12.4. The lowest BCUT2D eigenvalue weighted by Gasteiger charge is -2.12. The second-order valence-corrected chi connectivity index (χ2v) is 5.26. The van der Waals surface area contributed by atoms with Crippen molar-refractivity contribution in [2.45, 2.75) is 0 Å². The highest BCUT2D eigenvalue weighted by molar-refractivity contribution is 6.30. The molecule has 124 valence electrons. The summed E-state index contributed by atoms with van der Waals surface area (Å²) in [6.07, 6.45) is 0. The van der Waals surface area contributed by atoms with E-state index in [0.29, 0.717) is 10.7 Å². The second kappa shape index (κ2) is 8.12. The van der Waals surface area contributed by atoms with Crippen LogP contribution in [0.15, 0.2) is 55.1 Å². The molecule has 0 aliphatic heterocycles. The zero-order valence-corrected chi connectivity index (χ0v) is 13.4. The van der Waals surface area contributed by atoms with E-state index in [0.717, 1.165) is 5.56 Å². The van der Waals surface area contributed by atoms with Gasteiger partial charge in [-0.1, -0.05) is 42.4 Å². The van der Waals surface area contributed by atoms with Gasteiger partial charge in [-0.15, -0.1) is 0 Å². The van der Waals surface area contributed by atoms with Gasteiger partial charge in [-0.25, -0.2) is 4.39 Å². The fourth-order valence-electron chi connectivity index (χ4n) is 1.81. The summed E-state index contributed by atoms with van der Waals surface area (Å²) in [7, 11) is 0. The third kappa shape index (κ3) is 4.82. The third-order valence-electron chi connectivity index (χ3n) is 3.07. The first kappa shape index (κ1) is 17.5. The Morgan fingerprint density at radius 2 is 1.71 bits per heavy atom. The molecular weight excluding hydrogens is 333 g/mol. The maximum Gasteiger partial charge on any atom is 0.257 e. The maximum atomic E-state index is 13.4. The van der Waals surface area contributed by atoms with Gasteiger partial charge in [0.2, 0.25) is 0 Å². The summed E-state index contributed by atoms with van der Waals surface area (Å²) < 4.78 is 13.4. The largest absolute Gasteiger partial charge is 0.343 e. The van der Waals surface area contributed by atoms with Crippen LogP contribution in [0.5, 0.6) is 0 Å². The Morgan fingerprint density at radius 1 is 1.04 bits per heavy atom. The van der Waals surface area contributed by atoms with Gasteiger partial charge in [-0.2, -0.15) is 0 Å². The Labute approximate surface area is 143 Å². The Hall–Kier alpha value is -2.86. The van der Waals surface area contributed by atoms with E-state index in [2.05, 4.69) is 22.7 Å². The molecule has 0 fully saturated rings. The number of benzene rings is 2. The van der Waals surface area contributed by atoms with Crippen molar-refractivity contribution in [2.24, 2.45) is 0 Å². The lowest BCUT2D eigenvalue weighted by molar-refractivity contribution is -0.120. The maximum absolute atomic E-state index is 13.4. The summed E-state index contributed by atoms with van der Waals surface area (Å²) in [6.45, 7) is 3.46. The number of rotatable bonds is 6. The van der Waals surface area contributed by atoms with Crippen LogP contribution in [0.2, 0.25) is 5.02 Å². The van der Waals surface area contributed by atoms with Gasteiger partial charge < -0.3 is 5.32 Å². The molecule has 0 radical (unpaired) electrons. The molecule has 2 amide bonds. The molecule has 7 heteroatoms. The zero-order valence-electron chi connectivity index (χ0n) is 12.6. The van der Waals surface area contributed by atoms with Crippen LogP contribution >= 0.6 is 11.6 Å². The summed E-state index contributed by atoms with van der Waals surface area (Å²) in [5, 5.41) is 2.92. The van der Waals surface area contributed by atoms with E-state index in [-0.39, 0.29) is 12.1 Å². The third-order valence-corrected chi connectivity index (χ3v) is 3.33. The van der Waals surface area contributed by atoms with Crippen molar-refractivity contribution in [3.63, 3.8) is 0 Å². The molecule has 5 nitrogen and oxygen atoms in total. The standard InChI is InChI=1S/C17H15ClFN3O2/c1-11(12-6-8-13(18)9-7-12)21-22-16(23)10-20-17(24)14-4-2-3-5-15(14)19/h2-9,21H,1,10H2,(H,20,24)(H,22,23). The minimum atomic E-state index is -0.667. The fourth-order valence-corrected chi connectivity index (χ4v) is 1.94. The Balaban J connectivity index is 1.79. The number of carbonyl (C=O) groups excluding carboxylic acids is 2. The molecule has 0 saturated heterocycles. The minimum Gasteiger partial charge on any atom is -0.343 e. The lowest BCUT2D eigenvalue weighted by atomic mass is 10.2. The number of halogens is 2. The number of hydrogen-bond acceptors (Lipinski definition) is 3. The number of amides is 2. The van der Waals surface area contributed by atoms with Crippen LogP contribution in [0.4, 0.5) is 4.39 Å². The number of nitrogens with one attached hydrogen (secondary N) is 3. The molecule has 3 N–H and O–H groups in total. The van der Waals surface area contributed by atoms with E-state index < -0.39 is 17.6 Å². The van der Waals surface area contributed by atoms with Crippen LogP contribution < -0.4 is 16.2 Å². The monoisotopic (exact) mass is 347 g/mol. The highest BCUT2D eigenvalue weighted by Gasteiger charge is 2.11. The number of carbonyl (C=O) groups is 2. The SMILES string of the molecule is C=C(NNC(=O)CNC(=O)c1ccccc1F)c1ccc(Cl)cc1. The van der Waals surface area contributed by atoms with Gasteiger partial charge in [0.25, 0.3) is 11.8 Å². The van der Waals surface area contributed by atoms with E-state index >= 15 is 0 Å². The van der Waals surface area contributed by atoms with E-state index in [1.165, 1.54) is 24.3 Å². The van der Waals surface area contributed by atoms with Gasteiger partial charge in [-0.05, 0) is 29.8 Å². The smallest absolute Gasteiger partial charge is 0.257 e. The van der Waals surface area contributed by atoms with Crippen molar-refractivity contribution < 1.29 is 14.0 Å². The molecule has 0 bridgehead atoms. The van der Waals surface area contributed by atoms with Gasteiger partial charge in [-0.3, -0.25) is 20.4 Å². The highest BCUT2D eigenvalue weighted by atomic mass is 35.5. The summed E-state index contributed by atoms with van der Waals surface area (Å²) in [5.41, 5.74) is 6.10. The first-order valence-corrected chi connectivity index (χ1v) is 7.37. The van der Waals surface area contributed by atoms with Crippen molar-refractivity contribution in [3.05, 3.63) is 77.1 Å².